The maximum atomic E-state index is 11.7. The van der Waals surface area contributed by atoms with Gasteiger partial charge in [0.05, 0.1) is 12.6 Å². The first-order chi connectivity index (χ1) is 9.71. The maximum absolute atomic E-state index is 11.7. The van der Waals surface area contributed by atoms with Gasteiger partial charge in [-0.15, -0.1) is 0 Å². The minimum atomic E-state index is -0.360. The quantitative estimate of drug-likeness (QED) is 0.645. The molecule has 0 aliphatic carbocycles. The van der Waals surface area contributed by atoms with Crippen molar-refractivity contribution in [2.45, 2.75) is 25.8 Å². The summed E-state index contributed by atoms with van der Waals surface area (Å²) in [6.07, 6.45) is 3.97. The zero-order valence-electron chi connectivity index (χ0n) is 12.2. The van der Waals surface area contributed by atoms with Crippen LogP contribution in [0.15, 0.2) is 24.3 Å². The molecule has 0 heterocycles. The lowest BCUT2D eigenvalue weighted by Gasteiger charge is -2.17. The fourth-order valence-corrected chi connectivity index (χ4v) is 2.28. The minimum absolute atomic E-state index is 0.107. The number of rotatable bonds is 8. The number of hydrogen-bond donors (Lipinski definition) is 3. The van der Waals surface area contributed by atoms with E-state index in [2.05, 4.69) is 17.6 Å². The Morgan fingerprint density at radius 3 is 2.60 bits per heavy atom. The molecule has 112 valence electrons. The SMILES string of the molecule is CCc1ccc(C(CO)NC(=O)NCCCSC)cc1. The van der Waals surface area contributed by atoms with Gasteiger partial charge in [0.1, 0.15) is 0 Å². The van der Waals surface area contributed by atoms with Crippen molar-refractivity contribution in [3.63, 3.8) is 0 Å². The van der Waals surface area contributed by atoms with Crippen LogP contribution in [0.2, 0.25) is 0 Å². The lowest BCUT2D eigenvalue weighted by molar-refractivity contribution is 0.217. The molecule has 1 atom stereocenters. The fourth-order valence-electron chi connectivity index (χ4n) is 1.85. The average molecular weight is 296 g/mol. The number of urea groups is 1. The molecule has 0 saturated carbocycles. The molecular formula is C15H24N2O2S. The highest BCUT2D eigenvalue weighted by Crippen LogP contribution is 2.13. The first kappa shape index (κ1) is 16.9. The Morgan fingerprint density at radius 1 is 1.35 bits per heavy atom. The highest BCUT2D eigenvalue weighted by atomic mass is 32.2. The third-order valence-electron chi connectivity index (χ3n) is 3.09. The van der Waals surface area contributed by atoms with E-state index < -0.39 is 0 Å². The number of carbonyl (C=O) groups excluding carboxylic acids is 1. The molecule has 20 heavy (non-hydrogen) atoms. The van der Waals surface area contributed by atoms with Gasteiger partial charge in [-0.05, 0) is 36.0 Å². The molecule has 0 radical (unpaired) electrons. The molecule has 0 saturated heterocycles. The molecule has 1 aromatic rings. The first-order valence-corrected chi connectivity index (χ1v) is 8.33. The number of aliphatic hydroxyl groups excluding tert-OH is 1. The zero-order valence-corrected chi connectivity index (χ0v) is 13.0. The van der Waals surface area contributed by atoms with Gasteiger partial charge < -0.3 is 15.7 Å². The van der Waals surface area contributed by atoms with Crippen molar-refractivity contribution >= 4 is 17.8 Å². The van der Waals surface area contributed by atoms with Crippen molar-refractivity contribution in [2.24, 2.45) is 0 Å². The molecule has 0 fully saturated rings. The van der Waals surface area contributed by atoms with E-state index in [1.165, 1.54) is 5.56 Å². The average Bonchev–Trinajstić information content (AvgIpc) is 2.49. The molecule has 0 aliphatic rings. The second-order valence-corrected chi connectivity index (χ2v) is 5.56. The van der Waals surface area contributed by atoms with Crippen LogP contribution in [0.25, 0.3) is 0 Å². The number of amides is 2. The molecule has 1 unspecified atom stereocenters. The van der Waals surface area contributed by atoms with Crippen molar-refractivity contribution in [1.82, 2.24) is 10.6 Å². The highest BCUT2D eigenvalue weighted by Gasteiger charge is 2.12. The largest absolute Gasteiger partial charge is 0.394 e. The van der Waals surface area contributed by atoms with Crippen molar-refractivity contribution in [3.05, 3.63) is 35.4 Å². The lowest BCUT2D eigenvalue weighted by Crippen LogP contribution is -2.39. The van der Waals surface area contributed by atoms with Gasteiger partial charge in [-0.2, -0.15) is 11.8 Å². The normalized spacial score (nSPS) is 11.9. The summed E-state index contributed by atoms with van der Waals surface area (Å²) in [5.74, 6) is 1.03. The molecule has 2 amide bonds. The van der Waals surface area contributed by atoms with Gasteiger partial charge in [0.15, 0.2) is 0 Å². The van der Waals surface area contributed by atoms with Crippen LogP contribution in [0.4, 0.5) is 4.79 Å². The predicted molar refractivity (Wildman–Crippen MR) is 85.2 cm³/mol. The number of thioether (sulfide) groups is 1. The van der Waals surface area contributed by atoms with Crippen LogP contribution in [0.5, 0.6) is 0 Å². The molecule has 1 rings (SSSR count). The van der Waals surface area contributed by atoms with E-state index >= 15 is 0 Å². The monoisotopic (exact) mass is 296 g/mol. The second kappa shape index (κ2) is 9.66. The minimum Gasteiger partial charge on any atom is -0.394 e. The summed E-state index contributed by atoms with van der Waals surface area (Å²) in [5.41, 5.74) is 2.16. The molecule has 4 nitrogen and oxygen atoms in total. The Balaban J connectivity index is 2.46. The van der Waals surface area contributed by atoms with Crippen molar-refractivity contribution < 1.29 is 9.90 Å². The molecule has 1 aromatic carbocycles. The van der Waals surface area contributed by atoms with Gasteiger partial charge >= 0.3 is 6.03 Å². The summed E-state index contributed by atoms with van der Waals surface area (Å²) in [5, 5.41) is 15.0. The lowest BCUT2D eigenvalue weighted by atomic mass is 10.0. The summed E-state index contributed by atoms with van der Waals surface area (Å²) < 4.78 is 0. The number of carbonyl (C=O) groups is 1. The zero-order chi connectivity index (χ0) is 14.8. The van der Waals surface area contributed by atoms with E-state index in [1.807, 2.05) is 30.5 Å². The summed E-state index contributed by atoms with van der Waals surface area (Å²) in [7, 11) is 0. The highest BCUT2D eigenvalue weighted by molar-refractivity contribution is 7.98. The van der Waals surface area contributed by atoms with Gasteiger partial charge in [0, 0.05) is 6.54 Å². The summed E-state index contributed by atoms with van der Waals surface area (Å²) >= 11 is 1.76. The molecule has 0 bridgehead atoms. The van der Waals surface area contributed by atoms with Crippen molar-refractivity contribution in [1.29, 1.82) is 0 Å². The fraction of sp³-hybridized carbons (Fsp3) is 0.533. The van der Waals surface area contributed by atoms with Gasteiger partial charge in [-0.25, -0.2) is 4.79 Å². The van der Waals surface area contributed by atoms with Gasteiger partial charge in [0.2, 0.25) is 0 Å². The number of hydrogen-bond acceptors (Lipinski definition) is 3. The standard InChI is InChI=1S/C15H24N2O2S/c1-3-12-5-7-13(8-6-12)14(11-18)17-15(19)16-9-4-10-20-2/h5-8,14,18H,3-4,9-11H2,1-2H3,(H2,16,17,19). The van der Waals surface area contributed by atoms with Crippen LogP contribution >= 0.6 is 11.8 Å². The number of aryl methyl sites for hydroxylation is 1. The van der Waals surface area contributed by atoms with E-state index in [-0.39, 0.29) is 18.7 Å². The topological polar surface area (TPSA) is 61.4 Å². The van der Waals surface area contributed by atoms with Crippen LogP contribution in [0, 0.1) is 0 Å². The molecule has 0 aliphatic heterocycles. The first-order valence-electron chi connectivity index (χ1n) is 6.94. The van der Waals surface area contributed by atoms with Crippen molar-refractivity contribution in [3.8, 4) is 0 Å². The third kappa shape index (κ3) is 5.84. The van der Waals surface area contributed by atoms with Crippen LogP contribution in [0.3, 0.4) is 0 Å². The van der Waals surface area contributed by atoms with Gasteiger partial charge in [0.25, 0.3) is 0 Å². The Bertz CT molecular complexity index is 395. The molecular weight excluding hydrogens is 272 g/mol. The maximum Gasteiger partial charge on any atom is 0.315 e. The smallest absolute Gasteiger partial charge is 0.315 e. The number of nitrogens with one attached hydrogen (secondary N) is 2. The van der Waals surface area contributed by atoms with E-state index in [0.29, 0.717) is 6.54 Å². The second-order valence-electron chi connectivity index (χ2n) is 4.58. The third-order valence-corrected chi connectivity index (χ3v) is 3.79. The van der Waals surface area contributed by atoms with Crippen LogP contribution in [-0.2, 0) is 6.42 Å². The van der Waals surface area contributed by atoms with E-state index in [1.54, 1.807) is 11.8 Å². The van der Waals surface area contributed by atoms with E-state index in [0.717, 1.165) is 24.2 Å². The Hall–Kier alpha value is -1.20. The summed E-state index contributed by atoms with van der Waals surface area (Å²) in [4.78, 5) is 11.7. The Morgan fingerprint density at radius 2 is 2.05 bits per heavy atom. The van der Waals surface area contributed by atoms with E-state index in [4.69, 9.17) is 0 Å². The van der Waals surface area contributed by atoms with E-state index in [9.17, 15) is 9.90 Å². The van der Waals surface area contributed by atoms with Crippen LogP contribution < -0.4 is 10.6 Å². The summed E-state index contributed by atoms with van der Waals surface area (Å²) in [6, 6.07) is 7.36. The Kier molecular flexibility index (Phi) is 8.14. The summed E-state index contributed by atoms with van der Waals surface area (Å²) in [6.45, 7) is 2.64. The van der Waals surface area contributed by atoms with Crippen LogP contribution in [-0.4, -0.2) is 36.3 Å². The molecule has 5 heteroatoms. The van der Waals surface area contributed by atoms with Gasteiger partial charge in [-0.1, -0.05) is 31.2 Å². The van der Waals surface area contributed by atoms with Gasteiger partial charge in [-0.3, -0.25) is 0 Å². The Labute approximate surface area is 125 Å². The molecule has 0 spiro atoms. The number of aliphatic hydroxyl groups is 1. The molecule has 3 N–H and O–H groups in total. The van der Waals surface area contributed by atoms with Crippen LogP contribution in [0.1, 0.15) is 30.5 Å². The van der Waals surface area contributed by atoms with Crippen molar-refractivity contribution in [2.75, 3.05) is 25.2 Å². The molecule has 0 aromatic heterocycles. The number of benzene rings is 1. The predicted octanol–water partition coefficient (Wildman–Crippen LogP) is 2.33.